The smallest absolute Gasteiger partial charge is 0.114 e. The van der Waals surface area contributed by atoms with Gasteiger partial charge in [-0.2, -0.15) is 0 Å². The second-order valence-corrected chi connectivity index (χ2v) is 8.39. The van der Waals surface area contributed by atoms with Crippen molar-refractivity contribution < 1.29 is 24.8 Å². The van der Waals surface area contributed by atoms with Crippen LogP contribution in [0.4, 0.5) is 0 Å². The van der Waals surface area contributed by atoms with Crippen LogP contribution in [0, 0.1) is 0 Å². The summed E-state index contributed by atoms with van der Waals surface area (Å²) in [4.78, 5) is 0. The molecule has 0 saturated carbocycles. The molecule has 0 unspecified atom stereocenters. The minimum absolute atomic E-state index is 0.0928. The van der Waals surface area contributed by atoms with Crippen LogP contribution in [0.25, 0.3) is 0 Å². The van der Waals surface area contributed by atoms with Crippen molar-refractivity contribution >= 4 is 0 Å². The van der Waals surface area contributed by atoms with E-state index >= 15 is 0 Å². The van der Waals surface area contributed by atoms with Gasteiger partial charge in [0, 0.05) is 6.61 Å². The van der Waals surface area contributed by atoms with Gasteiger partial charge in [0.15, 0.2) is 0 Å². The van der Waals surface area contributed by atoms with Gasteiger partial charge in [-0.25, -0.2) is 0 Å². The molecule has 5 heteroatoms. The molecule has 0 aromatic rings. The van der Waals surface area contributed by atoms with Gasteiger partial charge in [0.25, 0.3) is 0 Å². The average Bonchev–Trinajstić information content (AvgIpc) is 3.06. The molecule has 1 heterocycles. The van der Waals surface area contributed by atoms with Crippen LogP contribution in [0.1, 0.15) is 96.8 Å². The molecule has 29 heavy (non-hydrogen) atoms. The summed E-state index contributed by atoms with van der Waals surface area (Å²) in [7, 11) is 0. The standard InChI is InChI=1S/C24H46O5/c1-2-3-4-5-6-7-8-9-10-11-12-13-14-15-16-17-18-28-22(19-25)24-23(27)21(26)20-29-24/h13-14,21-27H,2-12,15-20H2,1H3/b14-13+/t21-,22+,23-,24-/m0/s1. The van der Waals surface area contributed by atoms with Crippen LogP contribution in [0.15, 0.2) is 12.2 Å². The van der Waals surface area contributed by atoms with Gasteiger partial charge < -0.3 is 24.8 Å². The number of aliphatic hydroxyl groups excluding tert-OH is 3. The lowest BCUT2D eigenvalue weighted by Crippen LogP contribution is -2.42. The van der Waals surface area contributed by atoms with Gasteiger partial charge in [-0.05, 0) is 32.1 Å². The van der Waals surface area contributed by atoms with E-state index in [1.54, 1.807) is 0 Å². The molecule has 1 fully saturated rings. The normalized spacial score (nSPS) is 23.2. The highest BCUT2D eigenvalue weighted by molar-refractivity contribution is 4.88. The van der Waals surface area contributed by atoms with Crippen molar-refractivity contribution in [3.63, 3.8) is 0 Å². The van der Waals surface area contributed by atoms with E-state index < -0.39 is 24.4 Å². The van der Waals surface area contributed by atoms with Crippen LogP contribution in [-0.2, 0) is 9.47 Å². The number of hydrogen-bond donors (Lipinski definition) is 3. The Morgan fingerprint density at radius 2 is 1.41 bits per heavy atom. The number of allylic oxidation sites excluding steroid dienone is 2. The van der Waals surface area contributed by atoms with Crippen LogP contribution in [0.5, 0.6) is 0 Å². The Morgan fingerprint density at radius 3 is 1.93 bits per heavy atom. The molecule has 1 rings (SSSR count). The minimum Gasteiger partial charge on any atom is -0.394 e. The van der Waals surface area contributed by atoms with Gasteiger partial charge in [-0.15, -0.1) is 0 Å². The van der Waals surface area contributed by atoms with E-state index in [1.165, 1.54) is 70.6 Å². The Labute approximate surface area is 178 Å². The molecule has 5 nitrogen and oxygen atoms in total. The zero-order valence-corrected chi connectivity index (χ0v) is 18.6. The second-order valence-electron chi connectivity index (χ2n) is 8.39. The fourth-order valence-corrected chi connectivity index (χ4v) is 3.79. The highest BCUT2D eigenvalue weighted by Gasteiger charge is 2.40. The number of rotatable bonds is 19. The average molecular weight is 415 g/mol. The van der Waals surface area contributed by atoms with Crippen molar-refractivity contribution in [3.8, 4) is 0 Å². The van der Waals surface area contributed by atoms with Crippen molar-refractivity contribution in [1.82, 2.24) is 0 Å². The summed E-state index contributed by atoms with van der Waals surface area (Å²) in [5.74, 6) is 0. The molecule has 0 amide bonds. The van der Waals surface area contributed by atoms with Crippen molar-refractivity contribution in [2.24, 2.45) is 0 Å². The first-order chi connectivity index (χ1) is 14.2. The summed E-state index contributed by atoms with van der Waals surface area (Å²) >= 11 is 0. The molecule has 0 radical (unpaired) electrons. The summed E-state index contributed by atoms with van der Waals surface area (Å²) < 4.78 is 11.0. The highest BCUT2D eigenvalue weighted by atomic mass is 16.6. The number of unbranched alkanes of at least 4 members (excludes halogenated alkanes) is 12. The van der Waals surface area contributed by atoms with E-state index in [1.807, 2.05) is 0 Å². The Hall–Kier alpha value is -0.460. The third kappa shape index (κ3) is 12.7. The summed E-state index contributed by atoms with van der Waals surface area (Å²) in [6.07, 6.45) is 19.4. The molecule has 0 bridgehead atoms. The second kappa shape index (κ2) is 18.3. The fourth-order valence-electron chi connectivity index (χ4n) is 3.79. The topological polar surface area (TPSA) is 79.2 Å². The van der Waals surface area contributed by atoms with Crippen LogP contribution in [-0.4, -0.2) is 59.6 Å². The summed E-state index contributed by atoms with van der Waals surface area (Å²) in [6, 6.07) is 0. The first kappa shape index (κ1) is 26.6. The van der Waals surface area contributed by atoms with Crippen molar-refractivity contribution in [2.45, 2.75) is 121 Å². The van der Waals surface area contributed by atoms with Gasteiger partial charge in [0.05, 0.1) is 13.2 Å². The molecule has 0 aliphatic carbocycles. The third-order valence-corrected chi connectivity index (χ3v) is 5.72. The monoisotopic (exact) mass is 414 g/mol. The molecule has 172 valence electrons. The maximum atomic E-state index is 9.83. The Kier molecular flexibility index (Phi) is 16.8. The SMILES string of the molecule is CCCCCCCCCCCC/C=C/CCCCO[C@H](CO)[C@@H]1OC[C@H](O)[C@@H]1O. The lowest BCUT2D eigenvalue weighted by Gasteiger charge is -2.24. The van der Waals surface area contributed by atoms with E-state index in [-0.39, 0.29) is 13.2 Å². The maximum Gasteiger partial charge on any atom is 0.114 e. The lowest BCUT2D eigenvalue weighted by molar-refractivity contribution is -0.101. The molecule has 1 aliphatic rings. The lowest BCUT2D eigenvalue weighted by atomic mass is 10.1. The van der Waals surface area contributed by atoms with Crippen molar-refractivity contribution in [2.75, 3.05) is 19.8 Å². The van der Waals surface area contributed by atoms with Gasteiger partial charge in [-0.1, -0.05) is 76.9 Å². The number of ether oxygens (including phenoxy) is 2. The van der Waals surface area contributed by atoms with E-state index in [0.717, 1.165) is 19.3 Å². The first-order valence-electron chi connectivity index (χ1n) is 12.1. The van der Waals surface area contributed by atoms with Gasteiger partial charge >= 0.3 is 0 Å². The Balaban J connectivity index is 1.87. The molecular formula is C24H46O5. The molecule has 4 atom stereocenters. The molecule has 0 spiro atoms. The van der Waals surface area contributed by atoms with E-state index in [4.69, 9.17) is 9.47 Å². The predicted molar refractivity (Wildman–Crippen MR) is 118 cm³/mol. The summed E-state index contributed by atoms with van der Waals surface area (Å²) in [5, 5.41) is 28.8. The van der Waals surface area contributed by atoms with Gasteiger partial charge in [0.1, 0.15) is 24.4 Å². The molecule has 1 aliphatic heterocycles. The van der Waals surface area contributed by atoms with E-state index in [0.29, 0.717) is 6.61 Å². The highest BCUT2D eigenvalue weighted by Crippen LogP contribution is 2.19. The molecule has 0 aromatic carbocycles. The largest absolute Gasteiger partial charge is 0.394 e. The zero-order chi connectivity index (χ0) is 21.2. The molecule has 3 N–H and O–H groups in total. The quantitative estimate of drug-likeness (QED) is 0.214. The van der Waals surface area contributed by atoms with Crippen molar-refractivity contribution in [3.05, 3.63) is 12.2 Å². The van der Waals surface area contributed by atoms with Crippen LogP contribution in [0.3, 0.4) is 0 Å². The fraction of sp³-hybridized carbons (Fsp3) is 0.917. The third-order valence-electron chi connectivity index (χ3n) is 5.72. The van der Waals surface area contributed by atoms with E-state index in [2.05, 4.69) is 19.1 Å². The Bertz CT molecular complexity index is 387. The molecule has 1 saturated heterocycles. The van der Waals surface area contributed by atoms with Gasteiger partial charge in [-0.3, -0.25) is 0 Å². The van der Waals surface area contributed by atoms with Crippen LogP contribution < -0.4 is 0 Å². The first-order valence-corrected chi connectivity index (χ1v) is 12.1. The van der Waals surface area contributed by atoms with E-state index in [9.17, 15) is 15.3 Å². The number of aliphatic hydroxyl groups is 3. The Morgan fingerprint density at radius 1 is 0.862 bits per heavy atom. The van der Waals surface area contributed by atoms with Crippen LogP contribution >= 0.6 is 0 Å². The summed E-state index contributed by atoms with van der Waals surface area (Å²) in [5.41, 5.74) is 0. The predicted octanol–water partition coefficient (Wildman–Crippen LogP) is 4.52. The summed E-state index contributed by atoms with van der Waals surface area (Å²) in [6.45, 7) is 2.67. The van der Waals surface area contributed by atoms with Crippen LogP contribution in [0.2, 0.25) is 0 Å². The minimum atomic E-state index is -0.985. The number of hydrogen-bond acceptors (Lipinski definition) is 5. The maximum absolute atomic E-state index is 9.83. The van der Waals surface area contributed by atoms with Crippen molar-refractivity contribution in [1.29, 1.82) is 0 Å². The van der Waals surface area contributed by atoms with Gasteiger partial charge in [0.2, 0.25) is 0 Å². The zero-order valence-electron chi connectivity index (χ0n) is 18.6. The molecular weight excluding hydrogens is 368 g/mol. The molecule has 0 aromatic heterocycles.